The van der Waals surface area contributed by atoms with Crippen molar-refractivity contribution in [2.24, 2.45) is 5.73 Å². The summed E-state index contributed by atoms with van der Waals surface area (Å²) in [5.41, 5.74) is 5.57. The average Bonchev–Trinajstić information content (AvgIpc) is 2.82. The summed E-state index contributed by atoms with van der Waals surface area (Å²) < 4.78 is 49.0. The molecule has 0 aliphatic rings. The van der Waals surface area contributed by atoms with Gasteiger partial charge < -0.3 is 15.2 Å². The predicted molar refractivity (Wildman–Crippen MR) is 122 cm³/mol. The molecule has 1 heterocycles. The lowest BCUT2D eigenvalue weighted by molar-refractivity contribution is -0.145. The van der Waals surface area contributed by atoms with Crippen LogP contribution < -0.4 is 10.6 Å². The van der Waals surface area contributed by atoms with Gasteiger partial charge in [0.25, 0.3) is 0 Å². The molecule has 12 heteroatoms. The average molecular weight is 509 g/mol. The molecule has 0 saturated carbocycles. The van der Waals surface area contributed by atoms with E-state index in [4.69, 9.17) is 26.8 Å². The van der Waals surface area contributed by atoms with Gasteiger partial charge in [0.05, 0.1) is 16.9 Å². The van der Waals surface area contributed by atoms with Gasteiger partial charge in [-0.05, 0) is 49.4 Å². The minimum absolute atomic E-state index is 0.0267. The van der Waals surface area contributed by atoms with Gasteiger partial charge in [-0.15, -0.1) is 0 Å². The number of carbonyl (C=O) groups excluding carboxylic acids is 2. The third-order valence-corrected chi connectivity index (χ3v) is 4.76. The van der Waals surface area contributed by atoms with Crippen molar-refractivity contribution in [2.75, 3.05) is 18.1 Å². The molecule has 0 radical (unpaired) electrons. The third kappa shape index (κ3) is 6.90. The fraction of sp³-hybridized carbons (Fsp3) is 0.217. The second-order valence-electron chi connectivity index (χ2n) is 7.20. The number of hydrogen-bond donors (Lipinski definition) is 1. The molecular formula is C23H20ClF3N4O4. The molecule has 1 atom stereocenters. The maximum Gasteiger partial charge on any atom is 0.421 e. The largest absolute Gasteiger partial charge is 0.461 e. The molecule has 0 bridgehead atoms. The molecule has 1 amide bonds. The Bertz CT molecular complexity index is 1190. The van der Waals surface area contributed by atoms with E-state index in [1.807, 2.05) is 0 Å². The Morgan fingerprint density at radius 3 is 2.40 bits per heavy atom. The van der Waals surface area contributed by atoms with E-state index in [1.165, 1.54) is 13.1 Å². The molecule has 1 aromatic heterocycles. The first-order chi connectivity index (χ1) is 16.6. The van der Waals surface area contributed by atoms with Crippen LogP contribution in [-0.4, -0.2) is 41.3 Å². The Labute approximate surface area is 203 Å². The number of halogens is 4. The zero-order chi connectivity index (χ0) is 25.6. The molecule has 3 aromatic rings. The number of nitrogens with zero attached hydrogens (tertiary/aromatic N) is 3. The van der Waals surface area contributed by atoms with Crippen molar-refractivity contribution in [3.8, 4) is 11.3 Å². The number of carbonyl (C=O) groups is 2. The number of hydrogen-bond acceptors (Lipinski definition) is 7. The Balaban J connectivity index is 1.90. The minimum Gasteiger partial charge on any atom is -0.461 e. The number of amides is 1. The first-order valence-electron chi connectivity index (χ1n) is 10.2. The molecule has 0 aliphatic heterocycles. The lowest BCUT2D eigenvalue weighted by atomic mass is 10.1. The second kappa shape index (κ2) is 11.2. The van der Waals surface area contributed by atoms with Gasteiger partial charge in [0.1, 0.15) is 19.3 Å². The van der Waals surface area contributed by atoms with Gasteiger partial charge in [0.15, 0.2) is 0 Å². The highest BCUT2D eigenvalue weighted by Gasteiger charge is 2.31. The van der Waals surface area contributed by atoms with E-state index in [9.17, 15) is 22.8 Å². The number of anilines is 2. The molecule has 0 unspecified atom stereocenters. The Kier molecular flexibility index (Phi) is 8.26. The van der Waals surface area contributed by atoms with Crippen molar-refractivity contribution >= 4 is 35.3 Å². The van der Waals surface area contributed by atoms with Crippen LogP contribution in [0.3, 0.4) is 0 Å². The van der Waals surface area contributed by atoms with Gasteiger partial charge in [0, 0.05) is 16.8 Å². The molecule has 0 spiro atoms. The van der Waals surface area contributed by atoms with Gasteiger partial charge >= 0.3 is 18.2 Å². The van der Waals surface area contributed by atoms with Crippen LogP contribution in [0.25, 0.3) is 11.3 Å². The van der Waals surface area contributed by atoms with E-state index in [0.717, 1.165) is 29.2 Å². The highest BCUT2D eigenvalue weighted by Crippen LogP contribution is 2.32. The first kappa shape index (κ1) is 25.9. The van der Waals surface area contributed by atoms with Crippen LogP contribution in [0.5, 0.6) is 0 Å². The first-order valence-corrected chi connectivity index (χ1v) is 10.6. The molecular weight excluding hydrogens is 489 g/mol. The van der Waals surface area contributed by atoms with Gasteiger partial charge in [-0.25, -0.2) is 19.7 Å². The summed E-state index contributed by atoms with van der Waals surface area (Å²) in [5, 5.41) is 0.461. The summed E-state index contributed by atoms with van der Waals surface area (Å²) in [6.45, 7) is 0.837. The lowest BCUT2D eigenvalue weighted by Gasteiger charge is -2.21. The van der Waals surface area contributed by atoms with E-state index in [2.05, 4.69) is 9.97 Å². The van der Waals surface area contributed by atoms with Crippen LogP contribution in [-0.2, 0) is 20.4 Å². The number of esters is 1. The Morgan fingerprint density at radius 1 is 1.09 bits per heavy atom. The van der Waals surface area contributed by atoms with Crippen molar-refractivity contribution in [1.82, 2.24) is 9.97 Å². The molecule has 8 nitrogen and oxygen atoms in total. The summed E-state index contributed by atoms with van der Waals surface area (Å²) in [4.78, 5) is 33.7. The fourth-order valence-electron chi connectivity index (χ4n) is 2.83. The molecule has 0 fully saturated rings. The maximum atomic E-state index is 13.0. The molecule has 184 valence electrons. The maximum absolute atomic E-state index is 13.0. The quantitative estimate of drug-likeness (QED) is 0.354. The van der Waals surface area contributed by atoms with Gasteiger partial charge in [-0.1, -0.05) is 23.7 Å². The summed E-state index contributed by atoms with van der Waals surface area (Å²) in [6.07, 6.45) is -4.17. The van der Waals surface area contributed by atoms with Crippen LogP contribution in [0.1, 0.15) is 12.5 Å². The second-order valence-corrected chi connectivity index (χ2v) is 7.64. The number of nitrogens with two attached hydrogens (primary N) is 1. The van der Waals surface area contributed by atoms with Crippen LogP contribution in [0.15, 0.2) is 60.8 Å². The molecule has 3 rings (SSSR count). The number of alkyl halides is 3. The number of rotatable bonds is 7. The van der Waals surface area contributed by atoms with Gasteiger partial charge in [-0.3, -0.25) is 4.79 Å². The van der Waals surface area contributed by atoms with E-state index in [-0.39, 0.29) is 24.8 Å². The van der Waals surface area contributed by atoms with Crippen LogP contribution >= 0.6 is 11.6 Å². The number of ether oxygens (including phenoxy) is 2. The van der Waals surface area contributed by atoms with Crippen LogP contribution in [0.2, 0.25) is 5.02 Å². The lowest BCUT2D eigenvalue weighted by Crippen LogP contribution is -2.32. The summed E-state index contributed by atoms with van der Waals surface area (Å²) in [6, 6.07) is 11.3. The summed E-state index contributed by atoms with van der Waals surface area (Å²) in [5.74, 6) is -0.835. The molecule has 2 aromatic carbocycles. The number of benzene rings is 2. The van der Waals surface area contributed by atoms with Crippen molar-refractivity contribution in [3.05, 3.63) is 71.4 Å². The summed E-state index contributed by atoms with van der Waals surface area (Å²) in [7, 11) is 0. The van der Waals surface area contributed by atoms with E-state index >= 15 is 0 Å². The predicted octanol–water partition coefficient (Wildman–Crippen LogP) is 4.98. The van der Waals surface area contributed by atoms with Crippen molar-refractivity contribution in [2.45, 2.75) is 19.1 Å². The van der Waals surface area contributed by atoms with Crippen molar-refractivity contribution in [3.63, 3.8) is 0 Å². The standard InChI is InChI=1S/C23H20ClF3N4O4/c1-14(28)20(32)34-11-12-35-22(33)31(18-7-5-16(6-8-18)23(25,26)27)21-29-10-9-19(30-21)15-3-2-4-17(24)13-15/h2-10,13-14H,11-12,28H2,1H3/t14-/m0/s1. The minimum atomic E-state index is -4.56. The summed E-state index contributed by atoms with van der Waals surface area (Å²) >= 11 is 6.04. The highest BCUT2D eigenvalue weighted by atomic mass is 35.5. The van der Waals surface area contributed by atoms with Gasteiger partial charge in [-0.2, -0.15) is 13.2 Å². The van der Waals surface area contributed by atoms with Crippen LogP contribution in [0.4, 0.5) is 29.6 Å². The van der Waals surface area contributed by atoms with Crippen molar-refractivity contribution < 1.29 is 32.2 Å². The third-order valence-electron chi connectivity index (χ3n) is 4.52. The van der Waals surface area contributed by atoms with E-state index in [0.29, 0.717) is 16.3 Å². The topological polar surface area (TPSA) is 108 Å². The molecule has 0 aliphatic carbocycles. The van der Waals surface area contributed by atoms with Crippen LogP contribution in [0, 0.1) is 0 Å². The van der Waals surface area contributed by atoms with Crippen molar-refractivity contribution in [1.29, 1.82) is 0 Å². The SMILES string of the molecule is C[C@H](N)C(=O)OCCOC(=O)N(c1ccc(C(F)(F)F)cc1)c1nccc(-c2cccc(Cl)c2)n1. The Morgan fingerprint density at radius 2 is 1.77 bits per heavy atom. The zero-order valence-electron chi connectivity index (χ0n) is 18.3. The monoisotopic (exact) mass is 508 g/mol. The smallest absolute Gasteiger partial charge is 0.421 e. The zero-order valence-corrected chi connectivity index (χ0v) is 19.1. The molecule has 2 N–H and O–H groups in total. The van der Waals surface area contributed by atoms with E-state index in [1.54, 1.807) is 30.3 Å². The van der Waals surface area contributed by atoms with E-state index < -0.39 is 29.8 Å². The fourth-order valence-corrected chi connectivity index (χ4v) is 3.02. The molecule has 35 heavy (non-hydrogen) atoms. The number of aromatic nitrogens is 2. The Hall–Kier alpha value is -3.70. The normalized spacial score (nSPS) is 12.1. The van der Waals surface area contributed by atoms with Gasteiger partial charge in [0.2, 0.25) is 5.95 Å². The highest BCUT2D eigenvalue weighted by molar-refractivity contribution is 6.30. The molecule has 0 saturated heterocycles.